The van der Waals surface area contributed by atoms with Crippen molar-refractivity contribution in [2.75, 3.05) is 20.7 Å². The van der Waals surface area contributed by atoms with Crippen LogP contribution in [0.15, 0.2) is 42.6 Å². The Morgan fingerprint density at radius 3 is 2.62 bits per heavy atom. The molecule has 1 amide bonds. The lowest BCUT2D eigenvalue weighted by Gasteiger charge is -2.54. The highest BCUT2D eigenvalue weighted by Crippen LogP contribution is 2.60. The predicted octanol–water partition coefficient (Wildman–Crippen LogP) is 5.60. The smallest absolute Gasteiger partial charge is 0.251 e. The summed E-state index contributed by atoms with van der Waals surface area (Å²) in [4.78, 5) is 17.7. The molecule has 1 spiro atoms. The Bertz CT molecular complexity index is 1210. The molecule has 1 aliphatic carbocycles. The van der Waals surface area contributed by atoms with E-state index in [1.807, 2.05) is 30.5 Å². The van der Waals surface area contributed by atoms with E-state index in [2.05, 4.69) is 34.3 Å². The molecule has 3 aromatic rings. The highest BCUT2D eigenvalue weighted by atomic mass is 19.3. The Labute approximate surface area is 198 Å². The Balaban J connectivity index is 1.50. The zero-order valence-corrected chi connectivity index (χ0v) is 19.9. The van der Waals surface area contributed by atoms with E-state index < -0.39 is 5.92 Å². The monoisotopic (exact) mass is 467 g/mol. The minimum absolute atomic E-state index is 0.0106. The van der Waals surface area contributed by atoms with Crippen molar-refractivity contribution in [1.29, 1.82) is 0 Å². The topological polar surface area (TPSA) is 57.4 Å². The van der Waals surface area contributed by atoms with E-state index in [0.717, 1.165) is 46.3 Å². The number of H-pyrrole nitrogens is 1. The summed E-state index contributed by atoms with van der Waals surface area (Å²) in [5.41, 5.74) is 4.65. The van der Waals surface area contributed by atoms with Crippen LogP contribution in [-0.4, -0.2) is 42.4 Å². The molecular formula is C27H31F2N3O2. The van der Waals surface area contributed by atoms with Gasteiger partial charge in [0.15, 0.2) is 0 Å². The number of piperidine rings is 1. The van der Waals surface area contributed by atoms with Gasteiger partial charge in [-0.25, -0.2) is 8.78 Å². The van der Waals surface area contributed by atoms with E-state index in [1.54, 1.807) is 14.2 Å². The summed E-state index contributed by atoms with van der Waals surface area (Å²) >= 11 is 0. The number of benzene rings is 2. The van der Waals surface area contributed by atoms with E-state index in [0.29, 0.717) is 18.5 Å². The van der Waals surface area contributed by atoms with E-state index >= 15 is 0 Å². The van der Waals surface area contributed by atoms with Gasteiger partial charge in [-0.05, 0) is 67.1 Å². The van der Waals surface area contributed by atoms with E-state index in [-0.39, 0.29) is 30.2 Å². The second-order valence-electron chi connectivity index (χ2n) is 9.99. The molecular weight excluding hydrogens is 436 g/mol. The molecule has 7 heteroatoms. The second kappa shape index (κ2) is 8.38. The quantitative estimate of drug-likeness (QED) is 0.514. The Kier molecular flexibility index (Phi) is 5.63. The number of aromatic nitrogens is 1. The molecule has 2 heterocycles. The van der Waals surface area contributed by atoms with Gasteiger partial charge in [0.1, 0.15) is 5.75 Å². The molecule has 1 saturated heterocycles. The lowest BCUT2D eigenvalue weighted by molar-refractivity contribution is -0.186. The normalized spacial score (nSPS) is 21.4. The molecule has 180 valence electrons. The maximum atomic E-state index is 13.9. The summed E-state index contributed by atoms with van der Waals surface area (Å²) in [5, 5.41) is 3.77. The lowest BCUT2D eigenvalue weighted by atomic mass is 9.59. The predicted molar refractivity (Wildman–Crippen MR) is 128 cm³/mol. The van der Waals surface area contributed by atoms with Crippen molar-refractivity contribution < 1.29 is 18.3 Å². The van der Waals surface area contributed by atoms with Gasteiger partial charge in [-0.15, -0.1) is 0 Å². The first kappa shape index (κ1) is 22.8. The molecule has 34 heavy (non-hydrogen) atoms. The van der Waals surface area contributed by atoms with E-state index in [1.165, 1.54) is 0 Å². The number of ether oxygens (including phenoxy) is 1. The largest absolute Gasteiger partial charge is 0.496 e. The van der Waals surface area contributed by atoms with Gasteiger partial charge in [-0.1, -0.05) is 12.1 Å². The number of nitrogens with one attached hydrogen (secondary N) is 2. The van der Waals surface area contributed by atoms with Crippen LogP contribution in [0, 0.1) is 12.3 Å². The van der Waals surface area contributed by atoms with E-state index in [4.69, 9.17) is 4.74 Å². The van der Waals surface area contributed by atoms with Gasteiger partial charge in [0.25, 0.3) is 5.91 Å². The fourth-order valence-electron chi connectivity index (χ4n) is 6.05. The van der Waals surface area contributed by atoms with Crippen LogP contribution >= 0.6 is 0 Å². The van der Waals surface area contributed by atoms with Gasteiger partial charge in [-0.2, -0.15) is 0 Å². The Hall–Kier alpha value is -2.93. The number of likely N-dealkylation sites (tertiary alicyclic amines) is 1. The van der Waals surface area contributed by atoms with Crippen molar-refractivity contribution >= 4 is 16.8 Å². The Morgan fingerprint density at radius 1 is 1.24 bits per heavy atom. The third-order valence-electron chi connectivity index (χ3n) is 7.74. The fraction of sp³-hybridized carbons (Fsp3) is 0.444. The number of rotatable bonds is 5. The van der Waals surface area contributed by atoms with Gasteiger partial charge in [0.2, 0.25) is 5.92 Å². The molecule has 5 nitrogen and oxygen atoms in total. The Morgan fingerprint density at radius 2 is 1.97 bits per heavy atom. The number of hydrogen-bond donors (Lipinski definition) is 2. The number of hydrogen-bond acceptors (Lipinski definition) is 3. The van der Waals surface area contributed by atoms with Crippen molar-refractivity contribution in [2.45, 2.75) is 51.1 Å². The zero-order chi connectivity index (χ0) is 24.1. The van der Waals surface area contributed by atoms with Crippen LogP contribution in [0.25, 0.3) is 10.9 Å². The number of methoxy groups -OCH3 is 1. The molecule has 2 fully saturated rings. The summed E-state index contributed by atoms with van der Waals surface area (Å²) in [6.45, 7) is 3.45. The molecule has 0 bridgehead atoms. The van der Waals surface area contributed by atoms with Gasteiger partial charge >= 0.3 is 0 Å². The molecule has 5 rings (SSSR count). The fourth-order valence-corrected chi connectivity index (χ4v) is 6.05. The number of aromatic amines is 1. The number of fused-ring (bicyclic) bond motifs is 1. The molecule has 1 atom stereocenters. The highest BCUT2D eigenvalue weighted by Gasteiger charge is 2.58. The minimum Gasteiger partial charge on any atom is -0.496 e. The summed E-state index contributed by atoms with van der Waals surface area (Å²) < 4.78 is 33.6. The number of aryl methyl sites for hydroxylation is 1. The van der Waals surface area contributed by atoms with Crippen LogP contribution < -0.4 is 10.1 Å². The van der Waals surface area contributed by atoms with Gasteiger partial charge < -0.3 is 15.0 Å². The first-order valence-electron chi connectivity index (χ1n) is 11.8. The maximum absolute atomic E-state index is 13.9. The maximum Gasteiger partial charge on any atom is 0.251 e. The minimum atomic E-state index is -2.55. The molecule has 2 aliphatic rings. The van der Waals surface area contributed by atoms with Crippen molar-refractivity contribution in [3.05, 3.63) is 64.8 Å². The molecule has 2 N–H and O–H groups in total. The van der Waals surface area contributed by atoms with Crippen LogP contribution in [0.3, 0.4) is 0 Å². The number of amides is 1. The van der Waals surface area contributed by atoms with E-state index in [9.17, 15) is 13.6 Å². The van der Waals surface area contributed by atoms with Gasteiger partial charge in [0.05, 0.1) is 7.11 Å². The number of carbonyl (C=O) groups excluding carboxylic acids is 1. The van der Waals surface area contributed by atoms with Crippen molar-refractivity contribution in [2.24, 2.45) is 5.41 Å². The highest BCUT2D eigenvalue weighted by molar-refractivity contribution is 5.94. The second-order valence-corrected chi connectivity index (χ2v) is 9.99. The summed E-state index contributed by atoms with van der Waals surface area (Å²) in [6, 6.07) is 11.7. The molecule has 1 aliphatic heterocycles. The standard InChI is InChI=1S/C27H31F2N3O2/c1-17-12-23(34-3)21(20-8-10-31-24(17)20)14-32-11-9-26(15-27(28,29)16-26)13-22(32)18-4-6-19(7-5-18)25(33)30-2/h4-8,10,12,22,31H,9,11,13-16H2,1-3H3,(H,30,33)/t22-/m0/s1. The molecule has 1 aromatic heterocycles. The van der Waals surface area contributed by atoms with Crippen LogP contribution in [-0.2, 0) is 6.54 Å². The van der Waals surface area contributed by atoms with Gasteiger partial charge in [0, 0.05) is 60.7 Å². The zero-order valence-electron chi connectivity index (χ0n) is 19.9. The number of halogens is 2. The SMILES string of the molecule is CNC(=O)c1ccc([C@@H]2CC3(CCN2Cc2c(OC)cc(C)c4[nH]ccc24)CC(F)(F)C3)cc1. The summed E-state index contributed by atoms with van der Waals surface area (Å²) in [7, 11) is 3.30. The number of carbonyl (C=O) groups is 1. The van der Waals surface area contributed by atoms with Crippen molar-refractivity contribution in [3.8, 4) is 5.75 Å². The number of alkyl halides is 2. The van der Waals surface area contributed by atoms with Crippen LogP contribution in [0.2, 0.25) is 0 Å². The average molecular weight is 468 g/mol. The molecule has 0 radical (unpaired) electrons. The third-order valence-corrected chi connectivity index (χ3v) is 7.74. The van der Waals surface area contributed by atoms with Crippen molar-refractivity contribution in [3.63, 3.8) is 0 Å². The molecule has 0 unspecified atom stereocenters. The van der Waals surface area contributed by atoms with Crippen LogP contribution in [0.4, 0.5) is 8.78 Å². The molecule has 1 saturated carbocycles. The first-order valence-corrected chi connectivity index (χ1v) is 11.8. The summed E-state index contributed by atoms with van der Waals surface area (Å²) in [5.74, 6) is -1.84. The van der Waals surface area contributed by atoms with Crippen LogP contribution in [0.1, 0.15) is 58.8 Å². The molecule has 2 aromatic carbocycles. The van der Waals surface area contributed by atoms with Crippen LogP contribution in [0.5, 0.6) is 5.75 Å². The lowest BCUT2D eigenvalue weighted by Crippen LogP contribution is -2.53. The summed E-state index contributed by atoms with van der Waals surface area (Å²) in [6.07, 6.45) is 3.33. The third kappa shape index (κ3) is 3.96. The number of nitrogens with zero attached hydrogens (tertiary/aromatic N) is 1. The first-order chi connectivity index (χ1) is 16.2. The van der Waals surface area contributed by atoms with Crippen molar-refractivity contribution in [1.82, 2.24) is 15.2 Å². The van der Waals surface area contributed by atoms with Gasteiger partial charge in [-0.3, -0.25) is 9.69 Å². The average Bonchev–Trinajstić information content (AvgIpc) is 3.31.